The number of carbonyl (C=O) groups is 1. The van der Waals surface area contributed by atoms with Gasteiger partial charge in [0.2, 0.25) is 0 Å². The SMILES string of the molecule is CNc1cc(-n2nc(C)cc2Nc2cc(NC(=O)c3cccc(C(C)(F)F)c3)ccc2C)ncn1. The topological polar surface area (TPSA) is 96.8 Å². The summed E-state index contributed by atoms with van der Waals surface area (Å²) in [4.78, 5) is 21.2. The molecule has 10 heteroatoms. The van der Waals surface area contributed by atoms with Crippen molar-refractivity contribution >= 4 is 28.9 Å². The Hall–Kier alpha value is -4.34. The van der Waals surface area contributed by atoms with Gasteiger partial charge in [0, 0.05) is 48.6 Å². The number of nitrogens with zero attached hydrogens (tertiary/aromatic N) is 4. The maximum absolute atomic E-state index is 13.7. The molecule has 4 rings (SSSR count). The molecule has 0 radical (unpaired) electrons. The van der Waals surface area contributed by atoms with E-state index in [9.17, 15) is 13.6 Å². The third kappa shape index (κ3) is 5.43. The normalized spacial score (nSPS) is 11.3. The van der Waals surface area contributed by atoms with Gasteiger partial charge in [0.15, 0.2) is 5.82 Å². The third-order valence-corrected chi connectivity index (χ3v) is 5.35. The van der Waals surface area contributed by atoms with E-state index in [1.54, 1.807) is 29.9 Å². The number of rotatable bonds is 7. The van der Waals surface area contributed by atoms with Gasteiger partial charge in [-0.05, 0) is 43.7 Å². The van der Waals surface area contributed by atoms with Crippen LogP contribution in [0.2, 0.25) is 0 Å². The van der Waals surface area contributed by atoms with Gasteiger partial charge in [-0.2, -0.15) is 9.78 Å². The first-order valence-electron chi connectivity index (χ1n) is 10.9. The van der Waals surface area contributed by atoms with Crippen molar-refractivity contribution in [3.8, 4) is 5.82 Å². The van der Waals surface area contributed by atoms with Gasteiger partial charge in [-0.1, -0.05) is 18.2 Å². The third-order valence-electron chi connectivity index (χ3n) is 5.35. The molecule has 1 amide bonds. The van der Waals surface area contributed by atoms with Crippen molar-refractivity contribution in [2.75, 3.05) is 23.0 Å². The van der Waals surface area contributed by atoms with Crippen LogP contribution in [0.15, 0.2) is 60.9 Å². The molecule has 0 bridgehead atoms. The Labute approximate surface area is 201 Å². The van der Waals surface area contributed by atoms with Crippen molar-refractivity contribution < 1.29 is 13.6 Å². The van der Waals surface area contributed by atoms with Crippen LogP contribution in [-0.2, 0) is 5.92 Å². The standard InChI is InChI=1S/C25H25F2N7O/c1-15-8-9-19(31-24(35)17-6-5-7-18(11-17)25(3,26)27)12-20(15)32-23-10-16(2)33-34(23)22-13-21(28-4)29-14-30-22/h5-14,32H,1-4H3,(H,31,35)(H,28,29,30). The molecule has 2 aromatic heterocycles. The zero-order valence-electron chi connectivity index (χ0n) is 19.7. The van der Waals surface area contributed by atoms with Crippen LogP contribution in [-0.4, -0.2) is 32.7 Å². The number of alkyl halides is 2. The Morgan fingerprint density at radius 1 is 1.03 bits per heavy atom. The van der Waals surface area contributed by atoms with Gasteiger partial charge in [0.1, 0.15) is 18.0 Å². The van der Waals surface area contributed by atoms with Gasteiger partial charge in [-0.25, -0.2) is 18.7 Å². The Balaban J connectivity index is 1.59. The summed E-state index contributed by atoms with van der Waals surface area (Å²) in [5, 5.41) is 13.6. The molecule has 35 heavy (non-hydrogen) atoms. The molecule has 8 nitrogen and oxygen atoms in total. The first kappa shape index (κ1) is 23.8. The molecule has 2 aromatic carbocycles. The molecular weight excluding hydrogens is 452 g/mol. The number of hydrogen-bond acceptors (Lipinski definition) is 6. The minimum absolute atomic E-state index is 0.150. The number of nitrogens with one attached hydrogen (secondary N) is 3. The van der Waals surface area contributed by atoms with Crippen LogP contribution in [0.3, 0.4) is 0 Å². The van der Waals surface area contributed by atoms with Gasteiger partial charge in [-0.3, -0.25) is 4.79 Å². The summed E-state index contributed by atoms with van der Waals surface area (Å²) in [6.45, 7) is 4.60. The van der Waals surface area contributed by atoms with Crippen LogP contribution in [0.5, 0.6) is 0 Å². The lowest BCUT2D eigenvalue weighted by atomic mass is 10.1. The second-order valence-electron chi connectivity index (χ2n) is 8.17. The summed E-state index contributed by atoms with van der Waals surface area (Å²) in [5.41, 5.74) is 2.90. The lowest BCUT2D eigenvalue weighted by molar-refractivity contribution is 0.0174. The largest absolute Gasteiger partial charge is 0.373 e. The smallest absolute Gasteiger partial charge is 0.270 e. The molecule has 0 aliphatic rings. The van der Waals surface area contributed by atoms with Crippen molar-refractivity contribution in [3.63, 3.8) is 0 Å². The van der Waals surface area contributed by atoms with Gasteiger partial charge in [0.25, 0.3) is 11.8 Å². The van der Waals surface area contributed by atoms with Crippen LogP contribution in [0, 0.1) is 13.8 Å². The van der Waals surface area contributed by atoms with Crippen molar-refractivity contribution in [1.29, 1.82) is 0 Å². The van der Waals surface area contributed by atoms with E-state index >= 15 is 0 Å². The first-order valence-corrected chi connectivity index (χ1v) is 10.9. The van der Waals surface area contributed by atoms with E-state index in [4.69, 9.17) is 0 Å². The predicted molar refractivity (Wildman–Crippen MR) is 132 cm³/mol. The molecule has 0 unspecified atom stereocenters. The highest BCUT2D eigenvalue weighted by atomic mass is 19.3. The quantitative estimate of drug-likeness (QED) is 0.329. The number of amides is 1. The summed E-state index contributed by atoms with van der Waals surface area (Å²) in [5.74, 6) is -1.61. The molecule has 0 fully saturated rings. The molecule has 180 valence electrons. The number of halogens is 2. The summed E-state index contributed by atoms with van der Waals surface area (Å²) in [6, 6.07) is 14.5. The maximum atomic E-state index is 13.7. The molecule has 3 N–H and O–H groups in total. The molecule has 0 spiro atoms. The number of aromatic nitrogens is 4. The van der Waals surface area contributed by atoms with Crippen LogP contribution >= 0.6 is 0 Å². The molecule has 0 aliphatic heterocycles. The number of hydrogen-bond donors (Lipinski definition) is 3. The van der Waals surface area contributed by atoms with Crippen LogP contribution in [0.4, 0.5) is 31.8 Å². The van der Waals surface area contributed by atoms with E-state index in [2.05, 4.69) is 31.0 Å². The van der Waals surface area contributed by atoms with Crippen LogP contribution < -0.4 is 16.0 Å². The highest BCUT2D eigenvalue weighted by Gasteiger charge is 2.25. The van der Waals surface area contributed by atoms with E-state index in [0.29, 0.717) is 23.1 Å². The fourth-order valence-electron chi connectivity index (χ4n) is 3.47. The van der Waals surface area contributed by atoms with E-state index in [-0.39, 0.29) is 11.1 Å². The van der Waals surface area contributed by atoms with Gasteiger partial charge in [-0.15, -0.1) is 0 Å². The minimum Gasteiger partial charge on any atom is -0.373 e. The van der Waals surface area contributed by atoms with Crippen molar-refractivity contribution in [2.45, 2.75) is 26.7 Å². The van der Waals surface area contributed by atoms with E-state index in [1.807, 2.05) is 26.0 Å². The minimum atomic E-state index is -3.03. The fraction of sp³-hybridized carbons (Fsp3) is 0.200. The maximum Gasteiger partial charge on any atom is 0.270 e. The second-order valence-corrected chi connectivity index (χ2v) is 8.17. The average Bonchev–Trinajstić information content (AvgIpc) is 3.20. The molecule has 2 heterocycles. The summed E-state index contributed by atoms with van der Waals surface area (Å²) in [6.07, 6.45) is 1.45. The summed E-state index contributed by atoms with van der Waals surface area (Å²) >= 11 is 0. The number of anilines is 4. The molecule has 4 aromatic rings. The van der Waals surface area contributed by atoms with Gasteiger partial charge in [0.05, 0.1) is 5.69 Å². The summed E-state index contributed by atoms with van der Waals surface area (Å²) in [7, 11) is 1.77. The predicted octanol–water partition coefficient (Wildman–Crippen LogP) is 5.43. The van der Waals surface area contributed by atoms with Crippen LogP contribution in [0.1, 0.15) is 34.1 Å². The monoisotopic (exact) mass is 477 g/mol. The van der Waals surface area contributed by atoms with E-state index in [0.717, 1.165) is 23.9 Å². The lowest BCUT2D eigenvalue weighted by Gasteiger charge is -2.14. The molecule has 0 atom stereocenters. The van der Waals surface area contributed by atoms with Crippen LogP contribution in [0.25, 0.3) is 5.82 Å². The fourth-order valence-corrected chi connectivity index (χ4v) is 3.47. The molecular formula is C25H25F2N7O. The molecule has 0 saturated heterocycles. The average molecular weight is 478 g/mol. The van der Waals surface area contributed by atoms with Gasteiger partial charge >= 0.3 is 0 Å². The second kappa shape index (κ2) is 9.49. The molecule has 0 saturated carbocycles. The van der Waals surface area contributed by atoms with E-state index < -0.39 is 11.8 Å². The van der Waals surface area contributed by atoms with Crippen molar-refractivity contribution in [3.05, 3.63) is 83.3 Å². The van der Waals surface area contributed by atoms with Gasteiger partial charge < -0.3 is 16.0 Å². The first-order chi connectivity index (χ1) is 16.6. The van der Waals surface area contributed by atoms with Crippen molar-refractivity contribution in [2.24, 2.45) is 0 Å². The molecule has 0 aliphatic carbocycles. The Bertz CT molecular complexity index is 1380. The number of carbonyl (C=O) groups excluding carboxylic acids is 1. The summed E-state index contributed by atoms with van der Waals surface area (Å²) < 4.78 is 29.0. The Morgan fingerprint density at radius 3 is 2.57 bits per heavy atom. The highest BCUT2D eigenvalue weighted by molar-refractivity contribution is 6.04. The Morgan fingerprint density at radius 2 is 1.83 bits per heavy atom. The lowest BCUT2D eigenvalue weighted by Crippen LogP contribution is -2.14. The number of aryl methyl sites for hydroxylation is 2. The van der Waals surface area contributed by atoms with Crippen molar-refractivity contribution in [1.82, 2.24) is 19.7 Å². The zero-order valence-corrected chi connectivity index (χ0v) is 19.7. The number of benzene rings is 2. The zero-order chi connectivity index (χ0) is 25.2. The van der Waals surface area contributed by atoms with E-state index in [1.165, 1.54) is 30.6 Å². The highest BCUT2D eigenvalue weighted by Crippen LogP contribution is 2.29. The Kier molecular flexibility index (Phi) is 6.46.